The molecule has 0 aromatic heterocycles. The van der Waals surface area contributed by atoms with Crippen LogP contribution in [0.5, 0.6) is 0 Å². The molecule has 0 aliphatic heterocycles. The molecule has 1 aromatic rings. The lowest BCUT2D eigenvalue weighted by Crippen LogP contribution is -2.07. The Morgan fingerprint density at radius 3 is 1.75 bits per heavy atom. The quantitative estimate of drug-likeness (QED) is 0.388. The normalized spacial score (nSPS) is 7.92. The lowest BCUT2D eigenvalue weighted by molar-refractivity contribution is 0.112. The van der Waals surface area contributed by atoms with Crippen molar-refractivity contribution in [2.24, 2.45) is 0 Å². The fraction of sp³-hybridized carbons (Fsp3) is 0. The lowest BCUT2D eigenvalue weighted by atomic mass is 10.2. The van der Waals surface area contributed by atoms with E-state index in [0.29, 0.717) is 0 Å². The Labute approximate surface area is 70.3 Å². The van der Waals surface area contributed by atoms with Crippen LogP contribution >= 0.6 is 0 Å². The van der Waals surface area contributed by atoms with Gasteiger partial charge in [0.1, 0.15) is 6.29 Å². The molecule has 0 saturated heterocycles. The van der Waals surface area contributed by atoms with E-state index in [2.05, 4.69) is 0 Å². The average Bonchev–Trinajstić information content (AvgIpc) is 2.05. The molecule has 0 radical (unpaired) electrons. The van der Waals surface area contributed by atoms with Gasteiger partial charge in [0.05, 0.1) is 0 Å². The van der Waals surface area contributed by atoms with Gasteiger partial charge in [-0.2, -0.15) is 0 Å². The van der Waals surface area contributed by atoms with E-state index >= 15 is 0 Å². The summed E-state index contributed by atoms with van der Waals surface area (Å²) in [5.41, 5.74) is 0.729. The van der Waals surface area contributed by atoms with Gasteiger partial charge in [-0.3, -0.25) is 4.79 Å². The SMILES string of the molecule is O=Cc1ccccc1.OB(O)O. The Hall–Kier alpha value is -1.17. The van der Waals surface area contributed by atoms with E-state index in [-0.39, 0.29) is 0 Å². The molecule has 0 spiro atoms. The maximum Gasteiger partial charge on any atom is 0.631 e. The molecule has 1 rings (SSSR count). The zero-order valence-electron chi connectivity index (χ0n) is 6.29. The van der Waals surface area contributed by atoms with Crippen LogP contribution < -0.4 is 0 Å². The zero-order valence-corrected chi connectivity index (χ0v) is 6.29. The molecule has 0 aliphatic carbocycles. The molecule has 0 heterocycles. The van der Waals surface area contributed by atoms with Gasteiger partial charge in [0, 0.05) is 5.56 Å². The second-order valence-corrected chi connectivity index (χ2v) is 1.87. The number of aldehydes is 1. The number of hydrogen-bond donors (Lipinski definition) is 3. The molecule has 0 unspecified atom stereocenters. The molecule has 0 bridgehead atoms. The van der Waals surface area contributed by atoms with Gasteiger partial charge < -0.3 is 15.1 Å². The molecule has 0 amide bonds. The number of rotatable bonds is 1. The summed E-state index contributed by atoms with van der Waals surface area (Å²) >= 11 is 0. The van der Waals surface area contributed by atoms with E-state index in [4.69, 9.17) is 15.1 Å². The Morgan fingerprint density at radius 1 is 1.08 bits per heavy atom. The highest BCUT2D eigenvalue weighted by Crippen LogP contribution is 1.91. The molecular weight excluding hydrogens is 159 g/mol. The van der Waals surface area contributed by atoms with Crippen LogP contribution in [0.2, 0.25) is 0 Å². The second kappa shape index (κ2) is 6.54. The van der Waals surface area contributed by atoms with Crippen LogP contribution in [0.25, 0.3) is 0 Å². The third kappa shape index (κ3) is 6.95. The summed E-state index contributed by atoms with van der Waals surface area (Å²) in [5.74, 6) is 0. The van der Waals surface area contributed by atoms with Crippen molar-refractivity contribution in [2.75, 3.05) is 0 Å². The largest absolute Gasteiger partial charge is 0.631 e. The number of benzene rings is 1. The first kappa shape index (κ1) is 10.8. The lowest BCUT2D eigenvalue weighted by Gasteiger charge is -1.81. The molecule has 0 aliphatic rings. The standard InChI is InChI=1S/C7H6O.BH3O3/c8-6-7-4-2-1-3-5-7;2-1(3)4/h1-6H;2-4H. The van der Waals surface area contributed by atoms with Crippen LogP contribution in [0.15, 0.2) is 30.3 Å². The van der Waals surface area contributed by atoms with Crippen molar-refractivity contribution in [3.05, 3.63) is 35.9 Å². The van der Waals surface area contributed by atoms with Gasteiger partial charge in [0.15, 0.2) is 0 Å². The van der Waals surface area contributed by atoms with E-state index in [1.54, 1.807) is 12.1 Å². The summed E-state index contributed by atoms with van der Waals surface area (Å²) in [6, 6.07) is 9.10. The van der Waals surface area contributed by atoms with Crippen molar-refractivity contribution in [3.63, 3.8) is 0 Å². The summed E-state index contributed by atoms with van der Waals surface area (Å²) in [5, 5.41) is 21.5. The van der Waals surface area contributed by atoms with Gasteiger partial charge in [-0.05, 0) is 0 Å². The topological polar surface area (TPSA) is 77.8 Å². The summed E-state index contributed by atoms with van der Waals surface area (Å²) < 4.78 is 0. The monoisotopic (exact) mass is 168 g/mol. The van der Waals surface area contributed by atoms with E-state index in [0.717, 1.165) is 11.8 Å². The van der Waals surface area contributed by atoms with Gasteiger partial charge >= 0.3 is 7.32 Å². The van der Waals surface area contributed by atoms with Crippen molar-refractivity contribution in [2.45, 2.75) is 0 Å². The summed E-state index contributed by atoms with van der Waals surface area (Å²) in [7, 11) is -2.17. The zero-order chi connectivity index (χ0) is 9.40. The van der Waals surface area contributed by atoms with Crippen LogP contribution in [0, 0.1) is 0 Å². The molecule has 0 atom stereocenters. The van der Waals surface area contributed by atoms with E-state index in [1.807, 2.05) is 18.2 Å². The minimum atomic E-state index is -2.17. The Morgan fingerprint density at radius 2 is 1.50 bits per heavy atom. The molecular formula is C7H9BO4. The Kier molecular flexibility index (Phi) is 5.90. The Bertz CT molecular complexity index is 209. The highest BCUT2D eigenvalue weighted by atomic mass is 16.5. The summed E-state index contributed by atoms with van der Waals surface area (Å²) in [6.07, 6.45) is 0.833. The summed E-state index contributed by atoms with van der Waals surface area (Å²) in [4.78, 5) is 10.0. The van der Waals surface area contributed by atoms with Crippen LogP contribution in [0.4, 0.5) is 0 Å². The van der Waals surface area contributed by atoms with Crippen molar-refractivity contribution in [1.82, 2.24) is 0 Å². The summed E-state index contributed by atoms with van der Waals surface area (Å²) in [6.45, 7) is 0. The molecule has 5 heteroatoms. The van der Waals surface area contributed by atoms with Gasteiger partial charge in [-0.25, -0.2) is 0 Å². The van der Waals surface area contributed by atoms with Crippen LogP contribution in [-0.2, 0) is 0 Å². The number of carbonyl (C=O) groups excluding carboxylic acids is 1. The fourth-order valence-electron chi connectivity index (χ4n) is 0.532. The highest BCUT2D eigenvalue weighted by Gasteiger charge is 1.92. The third-order valence-electron chi connectivity index (χ3n) is 0.936. The van der Waals surface area contributed by atoms with Crippen LogP contribution in [0.1, 0.15) is 10.4 Å². The molecule has 0 saturated carbocycles. The van der Waals surface area contributed by atoms with Gasteiger partial charge in [0.2, 0.25) is 0 Å². The average molecular weight is 168 g/mol. The fourth-order valence-corrected chi connectivity index (χ4v) is 0.532. The van der Waals surface area contributed by atoms with Crippen LogP contribution in [0.3, 0.4) is 0 Å². The predicted octanol–water partition coefficient (Wildman–Crippen LogP) is -0.553. The van der Waals surface area contributed by atoms with Gasteiger partial charge in [-0.1, -0.05) is 30.3 Å². The first-order valence-electron chi connectivity index (χ1n) is 3.21. The maximum atomic E-state index is 10.0. The molecule has 1 aromatic carbocycles. The van der Waals surface area contributed by atoms with Crippen molar-refractivity contribution >= 4 is 13.6 Å². The minimum Gasteiger partial charge on any atom is -0.402 e. The van der Waals surface area contributed by atoms with E-state index < -0.39 is 7.32 Å². The van der Waals surface area contributed by atoms with Crippen molar-refractivity contribution < 1.29 is 19.9 Å². The van der Waals surface area contributed by atoms with E-state index in [9.17, 15) is 4.79 Å². The molecule has 0 fully saturated rings. The van der Waals surface area contributed by atoms with Crippen molar-refractivity contribution in [3.8, 4) is 0 Å². The van der Waals surface area contributed by atoms with Crippen LogP contribution in [-0.4, -0.2) is 28.7 Å². The van der Waals surface area contributed by atoms with E-state index in [1.165, 1.54) is 0 Å². The predicted molar refractivity (Wildman–Crippen MR) is 44.2 cm³/mol. The smallest absolute Gasteiger partial charge is 0.402 e. The molecule has 64 valence electrons. The minimum absolute atomic E-state index is 0.729. The molecule has 3 N–H and O–H groups in total. The highest BCUT2D eigenvalue weighted by molar-refractivity contribution is 6.30. The molecule has 4 nitrogen and oxygen atoms in total. The van der Waals surface area contributed by atoms with Gasteiger partial charge in [0.25, 0.3) is 0 Å². The number of hydrogen-bond acceptors (Lipinski definition) is 4. The Balaban J connectivity index is 0.000000261. The maximum absolute atomic E-state index is 10.0. The van der Waals surface area contributed by atoms with Crippen molar-refractivity contribution in [1.29, 1.82) is 0 Å². The van der Waals surface area contributed by atoms with Gasteiger partial charge in [-0.15, -0.1) is 0 Å². The number of carbonyl (C=O) groups is 1. The molecule has 12 heavy (non-hydrogen) atoms. The third-order valence-corrected chi connectivity index (χ3v) is 0.936. The first-order valence-corrected chi connectivity index (χ1v) is 3.21. The first-order chi connectivity index (χ1) is 5.66. The second-order valence-electron chi connectivity index (χ2n) is 1.87.